The first-order valence-corrected chi connectivity index (χ1v) is 11.8. The van der Waals surface area contributed by atoms with Crippen LogP contribution in [0.3, 0.4) is 0 Å². The van der Waals surface area contributed by atoms with Crippen LogP contribution in [-0.2, 0) is 21.4 Å². The average molecular weight is 465 g/mol. The van der Waals surface area contributed by atoms with Crippen LogP contribution in [-0.4, -0.2) is 29.8 Å². The Labute approximate surface area is 192 Å². The van der Waals surface area contributed by atoms with E-state index in [0.29, 0.717) is 0 Å². The van der Waals surface area contributed by atoms with E-state index in [9.17, 15) is 18.0 Å². The smallest absolute Gasteiger partial charge is 0.318 e. The fourth-order valence-electron chi connectivity index (χ4n) is 3.98. The standard InChI is InChI=1S/C24H24N4O4S/c1-15-5-4-6-18(11-15)14-27-23(29)22(26-24(27)30)13-19-12-16(2)28(17(19)3)20-7-9-21(10-8-20)33(25,31)32/h4-13H,14H2,1-3H3,(H,26,30)(H2,25,31,32)/b22-13-. The maximum atomic E-state index is 12.9. The molecule has 1 fully saturated rings. The quantitative estimate of drug-likeness (QED) is 0.446. The summed E-state index contributed by atoms with van der Waals surface area (Å²) in [6.07, 6.45) is 1.66. The number of hydrogen-bond acceptors (Lipinski definition) is 4. The number of carbonyl (C=O) groups is 2. The number of amides is 3. The summed E-state index contributed by atoms with van der Waals surface area (Å²) in [7, 11) is -3.78. The number of urea groups is 1. The third-order valence-corrected chi connectivity index (χ3v) is 6.51. The number of nitrogens with two attached hydrogens (primary N) is 1. The molecule has 33 heavy (non-hydrogen) atoms. The van der Waals surface area contributed by atoms with Crippen molar-refractivity contribution in [2.75, 3.05) is 0 Å². The molecule has 0 unspecified atom stereocenters. The van der Waals surface area contributed by atoms with Gasteiger partial charge in [0, 0.05) is 17.1 Å². The summed E-state index contributed by atoms with van der Waals surface area (Å²) in [6.45, 7) is 5.94. The Kier molecular flexibility index (Phi) is 5.69. The van der Waals surface area contributed by atoms with Crippen molar-refractivity contribution in [3.63, 3.8) is 0 Å². The molecule has 1 aromatic heterocycles. The minimum atomic E-state index is -3.78. The molecular formula is C24H24N4O4S. The fourth-order valence-corrected chi connectivity index (χ4v) is 4.50. The van der Waals surface area contributed by atoms with E-state index in [1.54, 1.807) is 18.2 Å². The SMILES string of the molecule is Cc1cccc(CN2C(=O)N/C(=C\c3cc(C)n(-c4ccc(S(N)(=O)=O)cc4)c3C)C2=O)c1. The lowest BCUT2D eigenvalue weighted by Crippen LogP contribution is -2.30. The number of benzene rings is 2. The minimum Gasteiger partial charge on any atom is -0.318 e. The number of imide groups is 1. The molecule has 3 N–H and O–H groups in total. The number of nitrogens with zero attached hydrogens (tertiary/aromatic N) is 2. The summed E-state index contributed by atoms with van der Waals surface area (Å²) in [6, 6.07) is 15.4. The van der Waals surface area contributed by atoms with Gasteiger partial charge in [-0.3, -0.25) is 9.69 Å². The van der Waals surface area contributed by atoms with Crippen molar-refractivity contribution in [3.8, 4) is 5.69 Å². The summed E-state index contributed by atoms with van der Waals surface area (Å²) < 4.78 is 25.0. The number of sulfonamides is 1. The van der Waals surface area contributed by atoms with Gasteiger partial charge < -0.3 is 9.88 Å². The third kappa shape index (κ3) is 4.46. The Balaban J connectivity index is 1.62. The summed E-state index contributed by atoms with van der Waals surface area (Å²) in [5.41, 5.74) is 5.38. The molecule has 1 saturated heterocycles. The number of aromatic nitrogens is 1. The highest BCUT2D eigenvalue weighted by atomic mass is 32.2. The van der Waals surface area contributed by atoms with Crippen molar-refractivity contribution in [2.24, 2.45) is 5.14 Å². The van der Waals surface area contributed by atoms with Gasteiger partial charge in [-0.15, -0.1) is 0 Å². The predicted octanol–water partition coefficient (Wildman–Crippen LogP) is 3.14. The van der Waals surface area contributed by atoms with E-state index in [1.807, 2.05) is 55.7 Å². The second-order valence-electron chi connectivity index (χ2n) is 8.07. The van der Waals surface area contributed by atoms with E-state index in [2.05, 4.69) is 5.32 Å². The number of primary sulfonamides is 1. The van der Waals surface area contributed by atoms with Crippen molar-refractivity contribution >= 4 is 28.0 Å². The maximum Gasteiger partial charge on any atom is 0.329 e. The monoisotopic (exact) mass is 464 g/mol. The zero-order valence-corrected chi connectivity index (χ0v) is 19.3. The van der Waals surface area contributed by atoms with Crippen LogP contribution in [0, 0.1) is 20.8 Å². The summed E-state index contributed by atoms with van der Waals surface area (Å²) in [5.74, 6) is -0.385. The lowest BCUT2D eigenvalue weighted by Gasteiger charge is -2.12. The summed E-state index contributed by atoms with van der Waals surface area (Å²) in [4.78, 5) is 26.6. The second-order valence-corrected chi connectivity index (χ2v) is 9.63. The van der Waals surface area contributed by atoms with Crippen molar-refractivity contribution in [3.05, 3.63) is 88.4 Å². The number of hydrogen-bond donors (Lipinski definition) is 2. The van der Waals surface area contributed by atoms with Gasteiger partial charge in [0.1, 0.15) is 5.70 Å². The topological polar surface area (TPSA) is 114 Å². The molecule has 0 bridgehead atoms. The van der Waals surface area contributed by atoms with Crippen molar-refractivity contribution < 1.29 is 18.0 Å². The van der Waals surface area contributed by atoms with Crippen LogP contribution in [0.1, 0.15) is 28.1 Å². The fraction of sp³-hybridized carbons (Fsp3) is 0.167. The number of nitrogens with one attached hydrogen (secondary N) is 1. The molecular weight excluding hydrogens is 440 g/mol. The molecule has 0 spiro atoms. The lowest BCUT2D eigenvalue weighted by molar-refractivity contribution is -0.123. The Morgan fingerprint density at radius 1 is 1.00 bits per heavy atom. The molecule has 0 saturated carbocycles. The molecule has 2 aromatic carbocycles. The zero-order valence-electron chi connectivity index (χ0n) is 18.5. The van der Waals surface area contributed by atoms with Gasteiger partial charge in [0.2, 0.25) is 10.0 Å². The van der Waals surface area contributed by atoms with E-state index in [0.717, 1.165) is 33.8 Å². The van der Waals surface area contributed by atoms with Gasteiger partial charge in [0.25, 0.3) is 5.91 Å². The van der Waals surface area contributed by atoms with Crippen LogP contribution >= 0.6 is 0 Å². The Morgan fingerprint density at radius 3 is 2.33 bits per heavy atom. The molecule has 1 aliphatic rings. The lowest BCUT2D eigenvalue weighted by atomic mass is 10.1. The van der Waals surface area contributed by atoms with E-state index >= 15 is 0 Å². The summed E-state index contributed by atoms with van der Waals surface area (Å²) >= 11 is 0. The molecule has 3 aromatic rings. The van der Waals surface area contributed by atoms with Crippen LogP contribution in [0.25, 0.3) is 11.8 Å². The first-order valence-electron chi connectivity index (χ1n) is 10.3. The number of carbonyl (C=O) groups excluding carboxylic acids is 2. The van der Waals surface area contributed by atoms with Crippen molar-refractivity contribution in [1.29, 1.82) is 0 Å². The first kappa shape index (κ1) is 22.5. The van der Waals surface area contributed by atoms with E-state index < -0.39 is 16.1 Å². The van der Waals surface area contributed by atoms with Gasteiger partial charge in [0.15, 0.2) is 0 Å². The normalized spacial score (nSPS) is 15.4. The van der Waals surface area contributed by atoms with E-state index in [-0.39, 0.29) is 23.0 Å². The van der Waals surface area contributed by atoms with Crippen LogP contribution in [0.2, 0.25) is 0 Å². The van der Waals surface area contributed by atoms with Crippen LogP contribution in [0.5, 0.6) is 0 Å². The molecule has 1 aliphatic heterocycles. The van der Waals surface area contributed by atoms with Gasteiger partial charge in [0.05, 0.1) is 11.4 Å². The molecule has 0 aliphatic carbocycles. The van der Waals surface area contributed by atoms with E-state index in [4.69, 9.17) is 5.14 Å². The molecule has 2 heterocycles. The van der Waals surface area contributed by atoms with Crippen molar-refractivity contribution in [1.82, 2.24) is 14.8 Å². The highest BCUT2D eigenvalue weighted by molar-refractivity contribution is 7.89. The second kappa shape index (κ2) is 8.34. The van der Waals surface area contributed by atoms with Gasteiger partial charge >= 0.3 is 6.03 Å². The molecule has 8 nitrogen and oxygen atoms in total. The van der Waals surface area contributed by atoms with Crippen molar-refractivity contribution in [2.45, 2.75) is 32.2 Å². The van der Waals surface area contributed by atoms with Crippen LogP contribution in [0.15, 0.2) is 65.2 Å². The Morgan fingerprint density at radius 2 is 1.70 bits per heavy atom. The van der Waals surface area contributed by atoms with E-state index in [1.165, 1.54) is 17.0 Å². The molecule has 3 amide bonds. The van der Waals surface area contributed by atoms with Gasteiger partial charge in [-0.1, -0.05) is 29.8 Å². The third-order valence-electron chi connectivity index (χ3n) is 5.58. The molecule has 0 radical (unpaired) electrons. The molecule has 0 atom stereocenters. The molecule has 170 valence electrons. The van der Waals surface area contributed by atoms with Gasteiger partial charge in [-0.25, -0.2) is 18.4 Å². The van der Waals surface area contributed by atoms with Crippen LogP contribution < -0.4 is 10.5 Å². The highest BCUT2D eigenvalue weighted by Gasteiger charge is 2.33. The van der Waals surface area contributed by atoms with Gasteiger partial charge in [-0.05, 0) is 68.3 Å². The Bertz CT molecular complexity index is 1400. The summed E-state index contributed by atoms with van der Waals surface area (Å²) in [5, 5.41) is 7.85. The predicted molar refractivity (Wildman–Crippen MR) is 125 cm³/mol. The van der Waals surface area contributed by atoms with Crippen LogP contribution in [0.4, 0.5) is 4.79 Å². The number of aryl methyl sites for hydroxylation is 2. The van der Waals surface area contributed by atoms with Gasteiger partial charge in [-0.2, -0.15) is 0 Å². The minimum absolute atomic E-state index is 0.0315. The molecule has 9 heteroatoms. The first-order chi connectivity index (χ1) is 15.5. The highest BCUT2D eigenvalue weighted by Crippen LogP contribution is 2.25. The molecule has 4 rings (SSSR count). The Hall–Kier alpha value is -3.69. The average Bonchev–Trinajstić information content (AvgIpc) is 3.17. The number of rotatable bonds is 5. The largest absolute Gasteiger partial charge is 0.329 e. The zero-order chi connectivity index (χ0) is 23.9. The maximum absolute atomic E-state index is 12.9.